The van der Waals surface area contributed by atoms with E-state index in [9.17, 15) is 4.79 Å². The molecule has 100 valence electrons. The summed E-state index contributed by atoms with van der Waals surface area (Å²) < 4.78 is 5.44. The van der Waals surface area contributed by atoms with Gasteiger partial charge in [0.15, 0.2) is 0 Å². The monoisotopic (exact) mass is 262 g/mol. The maximum absolute atomic E-state index is 12.1. The van der Waals surface area contributed by atoms with Crippen LogP contribution >= 0.6 is 12.4 Å². The van der Waals surface area contributed by atoms with Gasteiger partial charge in [-0.2, -0.15) is 0 Å². The van der Waals surface area contributed by atoms with Crippen molar-refractivity contribution in [3.63, 3.8) is 0 Å². The molecule has 2 aliphatic rings. The Kier molecular flexibility index (Phi) is 5.70. The maximum Gasteiger partial charge on any atom is 0.251 e. The van der Waals surface area contributed by atoms with Gasteiger partial charge >= 0.3 is 0 Å². The van der Waals surface area contributed by atoms with Crippen molar-refractivity contribution < 1.29 is 9.53 Å². The number of carbonyl (C=O) groups excluding carboxylic acids is 1. The Bertz CT molecular complexity index is 255. The number of piperidine rings is 1. The van der Waals surface area contributed by atoms with Gasteiger partial charge in [-0.3, -0.25) is 4.79 Å². The molecule has 3 atom stereocenters. The normalized spacial score (nSPS) is 30.8. The van der Waals surface area contributed by atoms with Crippen LogP contribution in [-0.4, -0.2) is 42.6 Å². The second-order valence-electron chi connectivity index (χ2n) is 5.05. The van der Waals surface area contributed by atoms with Gasteiger partial charge in [0.2, 0.25) is 0 Å². The third kappa shape index (κ3) is 3.57. The maximum atomic E-state index is 12.1. The van der Waals surface area contributed by atoms with Crippen LogP contribution in [0.5, 0.6) is 0 Å². The first kappa shape index (κ1) is 14.7. The van der Waals surface area contributed by atoms with Crippen LogP contribution in [0.2, 0.25) is 0 Å². The molecule has 0 aromatic rings. The fourth-order valence-electron chi connectivity index (χ4n) is 2.62. The average molecular weight is 263 g/mol. The fraction of sp³-hybridized carbons (Fsp3) is 0.917. The van der Waals surface area contributed by atoms with Gasteiger partial charge in [0.1, 0.15) is 6.10 Å². The van der Waals surface area contributed by atoms with E-state index in [-0.39, 0.29) is 30.5 Å². The molecule has 2 saturated heterocycles. The van der Waals surface area contributed by atoms with E-state index in [4.69, 9.17) is 10.5 Å². The average Bonchev–Trinajstić information content (AvgIpc) is 2.81. The molecule has 0 saturated carbocycles. The minimum absolute atomic E-state index is 0. The lowest BCUT2D eigenvalue weighted by Gasteiger charge is -2.35. The number of rotatable bonds is 2. The first-order valence-corrected chi connectivity index (χ1v) is 6.34. The molecule has 1 amide bonds. The number of nitrogens with two attached hydrogens (primary N) is 1. The molecular weight excluding hydrogens is 240 g/mol. The van der Waals surface area contributed by atoms with Crippen LogP contribution in [0.25, 0.3) is 0 Å². The highest BCUT2D eigenvalue weighted by Gasteiger charge is 2.32. The molecule has 2 rings (SSSR count). The molecule has 2 fully saturated rings. The lowest BCUT2D eigenvalue weighted by Crippen LogP contribution is -2.48. The van der Waals surface area contributed by atoms with E-state index in [1.54, 1.807) is 0 Å². The van der Waals surface area contributed by atoms with Gasteiger partial charge in [-0.05, 0) is 38.5 Å². The molecule has 0 aromatic heterocycles. The van der Waals surface area contributed by atoms with Crippen molar-refractivity contribution in [2.75, 3.05) is 19.7 Å². The molecule has 3 unspecified atom stereocenters. The summed E-state index contributed by atoms with van der Waals surface area (Å²) in [5.41, 5.74) is 5.91. The Morgan fingerprint density at radius 1 is 1.41 bits per heavy atom. The zero-order valence-electron chi connectivity index (χ0n) is 10.4. The second-order valence-corrected chi connectivity index (χ2v) is 5.05. The van der Waals surface area contributed by atoms with Crippen molar-refractivity contribution in [3.8, 4) is 0 Å². The summed E-state index contributed by atoms with van der Waals surface area (Å²) in [4.78, 5) is 14.1. The van der Waals surface area contributed by atoms with Crippen molar-refractivity contribution in [2.45, 2.75) is 44.8 Å². The van der Waals surface area contributed by atoms with Crippen LogP contribution in [0, 0.1) is 5.92 Å². The minimum Gasteiger partial charge on any atom is -0.368 e. The van der Waals surface area contributed by atoms with Crippen LogP contribution in [0.3, 0.4) is 0 Å². The van der Waals surface area contributed by atoms with Gasteiger partial charge in [-0.15, -0.1) is 12.4 Å². The van der Waals surface area contributed by atoms with E-state index in [1.807, 2.05) is 11.8 Å². The van der Waals surface area contributed by atoms with Crippen LogP contribution < -0.4 is 5.73 Å². The first-order chi connectivity index (χ1) is 7.68. The summed E-state index contributed by atoms with van der Waals surface area (Å²) in [6, 6.07) is 0.181. The molecule has 0 radical (unpaired) electrons. The molecule has 4 nitrogen and oxygen atoms in total. The molecule has 0 spiro atoms. The molecule has 0 aliphatic carbocycles. The Hall–Kier alpha value is -0.320. The van der Waals surface area contributed by atoms with Gasteiger partial charge in [0, 0.05) is 25.7 Å². The van der Waals surface area contributed by atoms with Crippen LogP contribution in [-0.2, 0) is 9.53 Å². The summed E-state index contributed by atoms with van der Waals surface area (Å²) >= 11 is 0. The molecule has 2 heterocycles. The largest absolute Gasteiger partial charge is 0.368 e. The highest BCUT2D eigenvalue weighted by Crippen LogP contribution is 2.22. The van der Waals surface area contributed by atoms with E-state index in [2.05, 4.69) is 0 Å². The number of halogens is 1. The summed E-state index contributed by atoms with van der Waals surface area (Å²) in [6.45, 7) is 4.46. The van der Waals surface area contributed by atoms with Gasteiger partial charge in [-0.1, -0.05) is 0 Å². The molecule has 17 heavy (non-hydrogen) atoms. The van der Waals surface area contributed by atoms with Gasteiger partial charge in [0.05, 0.1) is 0 Å². The number of likely N-dealkylation sites (tertiary alicyclic amines) is 1. The van der Waals surface area contributed by atoms with E-state index >= 15 is 0 Å². The topological polar surface area (TPSA) is 55.6 Å². The third-order valence-electron chi connectivity index (χ3n) is 3.72. The van der Waals surface area contributed by atoms with Crippen molar-refractivity contribution in [3.05, 3.63) is 0 Å². The highest BCUT2D eigenvalue weighted by atomic mass is 35.5. The number of hydrogen-bond donors (Lipinski definition) is 1. The zero-order valence-corrected chi connectivity index (χ0v) is 11.2. The first-order valence-electron chi connectivity index (χ1n) is 6.34. The second kappa shape index (κ2) is 6.57. The summed E-state index contributed by atoms with van der Waals surface area (Å²) in [5.74, 6) is 0.641. The molecule has 2 N–H and O–H groups in total. The fourth-order valence-corrected chi connectivity index (χ4v) is 2.62. The molecule has 0 aromatic carbocycles. The molecule has 2 aliphatic heterocycles. The lowest BCUT2D eigenvalue weighted by atomic mass is 9.92. The van der Waals surface area contributed by atoms with Crippen molar-refractivity contribution >= 4 is 18.3 Å². The number of ether oxygens (including phenoxy) is 1. The minimum atomic E-state index is -0.174. The molecular formula is C12H23ClN2O2. The van der Waals surface area contributed by atoms with Gasteiger partial charge in [0.25, 0.3) is 5.91 Å². The number of amides is 1. The van der Waals surface area contributed by atoms with Crippen LogP contribution in [0.4, 0.5) is 0 Å². The van der Waals surface area contributed by atoms with Crippen LogP contribution in [0.15, 0.2) is 0 Å². The highest BCUT2D eigenvalue weighted by molar-refractivity contribution is 5.85. The Morgan fingerprint density at radius 3 is 2.76 bits per heavy atom. The summed E-state index contributed by atoms with van der Waals surface area (Å²) in [7, 11) is 0. The van der Waals surface area contributed by atoms with Gasteiger partial charge < -0.3 is 15.4 Å². The number of carbonyl (C=O) groups is 1. The van der Waals surface area contributed by atoms with Crippen molar-refractivity contribution in [1.29, 1.82) is 0 Å². The smallest absolute Gasteiger partial charge is 0.251 e. The van der Waals surface area contributed by atoms with Crippen molar-refractivity contribution in [2.24, 2.45) is 11.7 Å². The van der Waals surface area contributed by atoms with E-state index in [1.165, 1.54) is 0 Å². The number of nitrogens with zero attached hydrogens (tertiary/aromatic N) is 1. The van der Waals surface area contributed by atoms with E-state index in [0.717, 1.165) is 45.4 Å². The predicted octanol–water partition coefficient (Wildman–Crippen LogP) is 1.17. The number of hydrogen-bond acceptors (Lipinski definition) is 3. The lowest BCUT2D eigenvalue weighted by molar-refractivity contribution is -0.142. The Morgan fingerprint density at radius 2 is 2.18 bits per heavy atom. The predicted molar refractivity (Wildman–Crippen MR) is 69.2 cm³/mol. The summed E-state index contributed by atoms with van der Waals surface area (Å²) in [5, 5.41) is 0. The van der Waals surface area contributed by atoms with Gasteiger partial charge in [-0.25, -0.2) is 0 Å². The Labute approximate surface area is 109 Å². The Balaban J connectivity index is 0.00000144. The van der Waals surface area contributed by atoms with Crippen molar-refractivity contribution in [1.82, 2.24) is 4.90 Å². The van der Waals surface area contributed by atoms with E-state index < -0.39 is 0 Å². The van der Waals surface area contributed by atoms with E-state index in [0.29, 0.717) is 5.92 Å². The molecule has 0 bridgehead atoms. The zero-order chi connectivity index (χ0) is 11.5. The standard InChI is InChI=1S/C12H22N2O2.ClH/c1-9(13)10-4-2-6-14(8-10)12(15)11-5-3-7-16-11;/h9-11H,2-8,13H2,1H3;1H. The quantitative estimate of drug-likeness (QED) is 0.813. The molecule has 5 heteroatoms. The SMILES string of the molecule is CC(N)C1CCCN(C(=O)C2CCCO2)C1.Cl. The summed E-state index contributed by atoms with van der Waals surface area (Å²) in [6.07, 6.45) is 3.95. The van der Waals surface area contributed by atoms with Crippen LogP contribution in [0.1, 0.15) is 32.6 Å². The third-order valence-corrected chi connectivity index (χ3v) is 3.72.